The van der Waals surface area contributed by atoms with Crippen molar-refractivity contribution in [2.75, 3.05) is 25.7 Å². The number of fused-ring (bicyclic) bond motifs is 1. The molecule has 0 aromatic heterocycles. The molecular weight excluding hydrogens is 384 g/mol. The van der Waals surface area contributed by atoms with E-state index in [4.69, 9.17) is 9.47 Å². The molecule has 2 heterocycles. The summed E-state index contributed by atoms with van der Waals surface area (Å²) in [5.41, 5.74) is 2.78. The Morgan fingerprint density at radius 3 is 2.33 bits per heavy atom. The van der Waals surface area contributed by atoms with Crippen LogP contribution in [0.1, 0.15) is 17.5 Å². The molecule has 0 bridgehead atoms. The molecule has 30 heavy (non-hydrogen) atoms. The normalized spacial score (nSPS) is 20.7. The Morgan fingerprint density at radius 2 is 1.67 bits per heavy atom. The van der Waals surface area contributed by atoms with Gasteiger partial charge in [0.25, 0.3) is 0 Å². The number of anilines is 1. The lowest BCUT2D eigenvalue weighted by atomic mass is 9.92. The fraction of sp³-hybridized carbons (Fsp3) is 0.348. The predicted octanol–water partition coefficient (Wildman–Crippen LogP) is 2.17. The number of benzene rings is 2. The first-order valence-electron chi connectivity index (χ1n) is 9.91. The number of esters is 1. The van der Waals surface area contributed by atoms with Crippen LogP contribution in [-0.2, 0) is 32.1 Å². The van der Waals surface area contributed by atoms with E-state index in [1.807, 2.05) is 24.3 Å². The molecule has 0 saturated carbocycles. The van der Waals surface area contributed by atoms with E-state index in [1.54, 1.807) is 41.2 Å². The number of hydrogen-bond acceptors (Lipinski definition) is 5. The predicted molar refractivity (Wildman–Crippen MR) is 110 cm³/mol. The van der Waals surface area contributed by atoms with Crippen LogP contribution in [0, 0.1) is 5.92 Å². The maximum atomic E-state index is 13.4. The van der Waals surface area contributed by atoms with Gasteiger partial charge in [0.05, 0.1) is 20.1 Å². The number of ether oxygens (including phenoxy) is 2. The van der Waals surface area contributed by atoms with E-state index in [-0.39, 0.29) is 24.8 Å². The zero-order valence-corrected chi connectivity index (χ0v) is 17.0. The molecule has 7 heteroatoms. The summed E-state index contributed by atoms with van der Waals surface area (Å²) < 4.78 is 10.1. The highest BCUT2D eigenvalue weighted by Gasteiger charge is 2.42. The van der Waals surface area contributed by atoms with E-state index < -0.39 is 17.9 Å². The van der Waals surface area contributed by atoms with Crippen molar-refractivity contribution in [3.63, 3.8) is 0 Å². The van der Waals surface area contributed by atoms with Crippen LogP contribution in [0.15, 0.2) is 48.5 Å². The molecule has 2 aromatic carbocycles. The van der Waals surface area contributed by atoms with Crippen LogP contribution in [0.2, 0.25) is 0 Å². The second-order valence-electron chi connectivity index (χ2n) is 7.58. The van der Waals surface area contributed by atoms with E-state index in [2.05, 4.69) is 0 Å². The van der Waals surface area contributed by atoms with Gasteiger partial charge < -0.3 is 19.3 Å². The van der Waals surface area contributed by atoms with E-state index in [9.17, 15) is 14.4 Å². The summed E-state index contributed by atoms with van der Waals surface area (Å²) in [6, 6.07) is 14.3. The molecule has 0 radical (unpaired) electrons. The zero-order chi connectivity index (χ0) is 21.3. The second-order valence-corrected chi connectivity index (χ2v) is 7.58. The molecular formula is C23H24N2O5. The highest BCUT2D eigenvalue weighted by atomic mass is 16.5. The number of carbonyl (C=O) groups is 3. The minimum absolute atomic E-state index is 0.106. The lowest BCUT2D eigenvalue weighted by Crippen LogP contribution is -2.51. The van der Waals surface area contributed by atoms with Gasteiger partial charge in [-0.1, -0.05) is 24.3 Å². The number of methoxy groups -OCH3 is 2. The van der Waals surface area contributed by atoms with E-state index >= 15 is 0 Å². The number of nitrogens with zero attached hydrogens (tertiary/aromatic N) is 2. The van der Waals surface area contributed by atoms with Crippen LogP contribution >= 0.6 is 0 Å². The third-order valence-electron chi connectivity index (χ3n) is 5.86. The summed E-state index contributed by atoms with van der Waals surface area (Å²) in [5, 5.41) is 0. The van der Waals surface area contributed by atoms with E-state index in [0.717, 1.165) is 16.8 Å². The molecule has 4 rings (SSSR count). The van der Waals surface area contributed by atoms with Crippen LogP contribution in [0.3, 0.4) is 0 Å². The number of rotatable bonds is 4. The van der Waals surface area contributed by atoms with Gasteiger partial charge in [-0.15, -0.1) is 0 Å². The van der Waals surface area contributed by atoms with Gasteiger partial charge >= 0.3 is 5.97 Å². The van der Waals surface area contributed by atoms with Gasteiger partial charge in [-0.3, -0.25) is 9.59 Å². The van der Waals surface area contributed by atoms with Crippen molar-refractivity contribution in [2.45, 2.75) is 25.4 Å². The summed E-state index contributed by atoms with van der Waals surface area (Å²) in [4.78, 5) is 41.6. The van der Waals surface area contributed by atoms with Crippen molar-refractivity contribution >= 4 is 23.5 Å². The summed E-state index contributed by atoms with van der Waals surface area (Å²) in [7, 11) is 2.91. The SMILES string of the molecule is COC(=O)[C@H]1Cc2ccccc2CN1C(=O)[C@@H]1CC(=O)N(c2ccc(OC)cc2)C1. The van der Waals surface area contributed by atoms with Gasteiger partial charge in [-0.25, -0.2) is 4.79 Å². The molecule has 7 nitrogen and oxygen atoms in total. The van der Waals surface area contributed by atoms with Crippen LogP contribution in [0.5, 0.6) is 5.75 Å². The molecule has 0 N–H and O–H groups in total. The van der Waals surface area contributed by atoms with Crippen LogP contribution in [0.25, 0.3) is 0 Å². The Balaban J connectivity index is 1.55. The molecule has 1 fully saturated rings. The maximum absolute atomic E-state index is 13.4. The molecule has 2 aliphatic heterocycles. The van der Waals surface area contributed by atoms with Crippen LogP contribution in [0.4, 0.5) is 5.69 Å². The third kappa shape index (κ3) is 3.63. The number of hydrogen-bond donors (Lipinski definition) is 0. The van der Waals surface area contributed by atoms with Gasteiger partial charge in [0.15, 0.2) is 0 Å². The van der Waals surface area contributed by atoms with Crippen molar-refractivity contribution in [1.82, 2.24) is 4.90 Å². The quantitative estimate of drug-likeness (QED) is 0.725. The minimum Gasteiger partial charge on any atom is -0.497 e. The highest BCUT2D eigenvalue weighted by molar-refractivity contribution is 6.01. The Kier molecular flexibility index (Phi) is 5.44. The van der Waals surface area contributed by atoms with Gasteiger partial charge in [-0.2, -0.15) is 0 Å². The largest absolute Gasteiger partial charge is 0.497 e. The Bertz CT molecular complexity index is 972. The fourth-order valence-corrected chi connectivity index (χ4v) is 4.22. The van der Waals surface area contributed by atoms with Crippen molar-refractivity contribution < 1.29 is 23.9 Å². The molecule has 1 saturated heterocycles. The van der Waals surface area contributed by atoms with Gasteiger partial charge in [-0.05, 0) is 35.4 Å². The van der Waals surface area contributed by atoms with Crippen LogP contribution < -0.4 is 9.64 Å². The first-order chi connectivity index (χ1) is 14.5. The van der Waals surface area contributed by atoms with Crippen molar-refractivity contribution in [3.05, 3.63) is 59.7 Å². The van der Waals surface area contributed by atoms with Crippen molar-refractivity contribution in [3.8, 4) is 5.75 Å². The standard InChI is InChI=1S/C23H24N2O5/c1-29-19-9-7-18(8-10-19)24-14-17(12-21(24)26)22(27)25-13-16-6-4-3-5-15(16)11-20(25)23(28)30-2/h3-10,17,20H,11-14H2,1-2H3/t17-,20-/m1/s1. The number of carbonyl (C=O) groups excluding carboxylic acids is 3. The Morgan fingerprint density at radius 1 is 0.967 bits per heavy atom. The summed E-state index contributed by atoms with van der Waals surface area (Å²) in [6.45, 7) is 0.623. The van der Waals surface area contributed by atoms with Crippen molar-refractivity contribution in [1.29, 1.82) is 0 Å². The maximum Gasteiger partial charge on any atom is 0.328 e. The minimum atomic E-state index is -0.678. The molecule has 2 atom stereocenters. The molecule has 0 aliphatic carbocycles. The second kappa shape index (κ2) is 8.18. The summed E-state index contributed by atoms with van der Waals surface area (Å²) in [5.74, 6) is -0.535. The topological polar surface area (TPSA) is 76.2 Å². The Hall–Kier alpha value is -3.35. The first kappa shape index (κ1) is 19.9. The average Bonchev–Trinajstić information content (AvgIpc) is 3.18. The van der Waals surface area contributed by atoms with E-state index in [0.29, 0.717) is 18.7 Å². The fourth-order valence-electron chi connectivity index (χ4n) is 4.22. The molecule has 0 unspecified atom stereocenters. The first-order valence-corrected chi connectivity index (χ1v) is 9.91. The number of amides is 2. The molecule has 2 amide bonds. The summed E-state index contributed by atoms with van der Waals surface area (Å²) >= 11 is 0. The van der Waals surface area contributed by atoms with Gasteiger partial charge in [0.2, 0.25) is 11.8 Å². The average molecular weight is 408 g/mol. The molecule has 2 aromatic rings. The third-order valence-corrected chi connectivity index (χ3v) is 5.86. The smallest absolute Gasteiger partial charge is 0.328 e. The van der Waals surface area contributed by atoms with Gasteiger partial charge in [0.1, 0.15) is 11.8 Å². The van der Waals surface area contributed by atoms with Gasteiger partial charge in [0, 0.05) is 31.6 Å². The highest BCUT2D eigenvalue weighted by Crippen LogP contribution is 2.31. The van der Waals surface area contributed by atoms with E-state index in [1.165, 1.54) is 7.11 Å². The molecule has 156 valence electrons. The van der Waals surface area contributed by atoms with Crippen LogP contribution in [-0.4, -0.2) is 49.5 Å². The van der Waals surface area contributed by atoms with Crippen molar-refractivity contribution in [2.24, 2.45) is 5.92 Å². The zero-order valence-electron chi connectivity index (χ0n) is 17.0. The monoisotopic (exact) mass is 408 g/mol. The molecule has 2 aliphatic rings. The lowest BCUT2D eigenvalue weighted by Gasteiger charge is -2.36. The molecule has 0 spiro atoms. The lowest BCUT2D eigenvalue weighted by molar-refractivity contribution is -0.155. The summed E-state index contributed by atoms with van der Waals surface area (Å²) in [6.07, 6.45) is 0.536. The Labute approximate surface area is 175 Å².